The van der Waals surface area contributed by atoms with Gasteiger partial charge in [0.25, 0.3) is 0 Å². The molecule has 5 nitrogen and oxygen atoms in total. The lowest BCUT2D eigenvalue weighted by atomic mass is 10.0. The van der Waals surface area contributed by atoms with Gasteiger partial charge < -0.3 is 16.6 Å². The van der Waals surface area contributed by atoms with Crippen molar-refractivity contribution in [2.45, 2.75) is 38.3 Å². The molecule has 0 aliphatic carbocycles. The monoisotopic (exact) mass is 188 g/mol. The maximum Gasteiger partial charge on any atom is 0.320 e. The van der Waals surface area contributed by atoms with Gasteiger partial charge in [-0.2, -0.15) is 0 Å². The molecule has 2 atom stereocenters. The molecule has 0 aromatic carbocycles. The van der Waals surface area contributed by atoms with Gasteiger partial charge in [-0.05, 0) is 26.2 Å². The van der Waals surface area contributed by atoms with Crippen molar-refractivity contribution in [2.24, 2.45) is 11.5 Å². The van der Waals surface area contributed by atoms with Gasteiger partial charge in [-0.1, -0.05) is 0 Å². The molecule has 0 aromatic heterocycles. The largest absolute Gasteiger partial charge is 0.480 e. The second-order valence-electron chi connectivity index (χ2n) is 3.09. The first-order chi connectivity index (χ1) is 5.95. The third-order valence-electron chi connectivity index (χ3n) is 1.87. The fourth-order valence-electron chi connectivity index (χ4n) is 0.884. The van der Waals surface area contributed by atoms with Gasteiger partial charge in [0, 0.05) is 0 Å². The Morgan fingerprint density at radius 3 is 2.08 bits per heavy atom. The van der Waals surface area contributed by atoms with Crippen molar-refractivity contribution in [3.05, 3.63) is 0 Å². The van der Waals surface area contributed by atoms with Crippen LogP contribution in [0.3, 0.4) is 0 Å². The molecule has 5 heteroatoms. The van der Waals surface area contributed by atoms with Crippen molar-refractivity contribution < 1.29 is 14.7 Å². The summed E-state index contributed by atoms with van der Waals surface area (Å²) in [7, 11) is 0. The van der Waals surface area contributed by atoms with Gasteiger partial charge >= 0.3 is 5.97 Å². The summed E-state index contributed by atoms with van der Waals surface area (Å²) in [5, 5.41) is 8.43. The first kappa shape index (κ1) is 12.1. The zero-order valence-electron chi connectivity index (χ0n) is 7.69. The molecule has 0 aliphatic rings. The van der Waals surface area contributed by atoms with E-state index >= 15 is 0 Å². The molecule has 0 saturated heterocycles. The Morgan fingerprint density at radius 1 is 1.23 bits per heavy atom. The van der Waals surface area contributed by atoms with E-state index in [9.17, 15) is 9.59 Å². The Balaban J connectivity index is 3.56. The topological polar surface area (TPSA) is 106 Å². The fraction of sp³-hybridized carbons (Fsp3) is 0.750. The summed E-state index contributed by atoms with van der Waals surface area (Å²) in [4.78, 5) is 21.0. The van der Waals surface area contributed by atoms with Gasteiger partial charge in [-0.25, -0.2) is 0 Å². The average Bonchev–Trinajstić information content (AvgIpc) is 2.03. The molecule has 0 heterocycles. The van der Waals surface area contributed by atoms with Crippen LogP contribution in [-0.4, -0.2) is 28.9 Å². The van der Waals surface area contributed by atoms with Gasteiger partial charge in [-0.3, -0.25) is 9.59 Å². The minimum Gasteiger partial charge on any atom is -0.480 e. The van der Waals surface area contributed by atoms with E-state index in [0.29, 0.717) is 19.3 Å². The van der Waals surface area contributed by atoms with Crippen LogP contribution in [0.15, 0.2) is 0 Å². The highest BCUT2D eigenvalue weighted by atomic mass is 16.4. The molecule has 0 rings (SSSR count). The number of carbonyl (C=O) groups is 2. The van der Waals surface area contributed by atoms with Crippen molar-refractivity contribution in [3.8, 4) is 0 Å². The lowest BCUT2D eigenvalue weighted by Crippen LogP contribution is -2.32. The number of carboxylic acid groups (broad SMARTS) is 1. The average molecular weight is 188 g/mol. The molecular formula is C8H16N2O3. The molecule has 13 heavy (non-hydrogen) atoms. The van der Waals surface area contributed by atoms with Crippen molar-refractivity contribution in [3.63, 3.8) is 0 Å². The number of hydrogen-bond donors (Lipinski definition) is 3. The maximum atomic E-state index is 10.7. The van der Waals surface area contributed by atoms with E-state index in [-0.39, 0.29) is 5.78 Å². The lowest BCUT2D eigenvalue weighted by molar-refractivity contribution is -0.138. The Kier molecular flexibility index (Phi) is 5.25. The summed E-state index contributed by atoms with van der Waals surface area (Å²) >= 11 is 0. The normalized spacial score (nSPS) is 15.0. The number of carboxylic acids is 1. The molecule has 0 spiro atoms. The summed E-state index contributed by atoms with van der Waals surface area (Å²) in [5.74, 6) is -1.10. The van der Waals surface area contributed by atoms with Crippen LogP contribution in [0.1, 0.15) is 26.2 Å². The third kappa shape index (κ3) is 5.32. The fourth-order valence-corrected chi connectivity index (χ4v) is 0.884. The van der Waals surface area contributed by atoms with Crippen LogP contribution in [0, 0.1) is 0 Å². The summed E-state index contributed by atoms with van der Waals surface area (Å²) in [6, 6.07) is -1.33. The first-order valence-corrected chi connectivity index (χ1v) is 4.19. The summed E-state index contributed by atoms with van der Waals surface area (Å²) in [6.45, 7) is 1.42. The summed E-state index contributed by atoms with van der Waals surface area (Å²) in [6.07, 6.45) is 1.42. The molecule has 0 saturated carbocycles. The molecule has 5 N–H and O–H groups in total. The number of ketones is 1. The van der Waals surface area contributed by atoms with Crippen LogP contribution in [0.4, 0.5) is 0 Å². The van der Waals surface area contributed by atoms with Gasteiger partial charge in [-0.15, -0.1) is 0 Å². The minimum atomic E-state index is -1.02. The van der Waals surface area contributed by atoms with E-state index in [0.717, 1.165) is 0 Å². The Labute approximate surface area is 77.1 Å². The first-order valence-electron chi connectivity index (χ1n) is 4.19. The Bertz CT molecular complexity index is 174. The van der Waals surface area contributed by atoms with E-state index in [4.69, 9.17) is 16.6 Å². The standard InChI is InChI=1S/C8H16N2O3/c1-5(11)6(9)3-2-4-7(10)8(12)13/h6-7H,2-4,9-10H2,1H3,(H,12,13)/t6?,7-/m0/s1. The zero-order valence-corrected chi connectivity index (χ0v) is 7.69. The second kappa shape index (κ2) is 5.66. The molecule has 0 aliphatic heterocycles. The molecule has 0 radical (unpaired) electrons. The molecule has 0 fully saturated rings. The summed E-state index contributed by atoms with van der Waals surface area (Å²) in [5.41, 5.74) is 10.7. The van der Waals surface area contributed by atoms with Crippen LogP contribution >= 0.6 is 0 Å². The Morgan fingerprint density at radius 2 is 1.69 bits per heavy atom. The predicted molar refractivity (Wildman–Crippen MR) is 48.1 cm³/mol. The van der Waals surface area contributed by atoms with Crippen LogP contribution in [0.25, 0.3) is 0 Å². The molecule has 0 bridgehead atoms. The van der Waals surface area contributed by atoms with E-state index in [1.54, 1.807) is 0 Å². The quantitative estimate of drug-likeness (QED) is 0.520. The third-order valence-corrected chi connectivity index (χ3v) is 1.87. The van der Waals surface area contributed by atoms with E-state index in [1.807, 2.05) is 0 Å². The van der Waals surface area contributed by atoms with Crippen molar-refractivity contribution in [1.29, 1.82) is 0 Å². The van der Waals surface area contributed by atoms with Crippen LogP contribution in [-0.2, 0) is 9.59 Å². The van der Waals surface area contributed by atoms with Crippen molar-refractivity contribution >= 4 is 11.8 Å². The molecule has 0 amide bonds. The highest BCUT2D eigenvalue weighted by Crippen LogP contribution is 2.02. The predicted octanol–water partition coefficient (Wildman–Crippen LogP) is -0.515. The smallest absolute Gasteiger partial charge is 0.320 e. The van der Waals surface area contributed by atoms with Gasteiger partial charge in [0.1, 0.15) is 11.8 Å². The second-order valence-corrected chi connectivity index (χ2v) is 3.09. The van der Waals surface area contributed by atoms with Crippen LogP contribution < -0.4 is 11.5 Å². The van der Waals surface area contributed by atoms with Crippen LogP contribution in [0.5, 0.6) is 0 Å². The molecule has 1 unspecified atom stereocenters. The van der Waals surface area contributed by atoms with Gasteiger partial charge in [0.05, 0.1) is 6.04 Å². The lowest BCUT2D eigenvalue weighted by Gasteiger charge is -2.08. The Hall–Kier alpha value is -0.940. The zero-order chi connectivity index (χ0) is 10.4. The van der Waals surface area contributed by atoms with Crippen LogP contribution in [0.2, 0.25) is 0 Å². The number of carbonyl (C=O) groups excluding carboxylic acids is 1. The number of Topliss-reactive ketones (excluding diaryl/α,β-unsaturated/α-hetero) is 1. The van der Waals surface area contributed by atoms with E-state index in [1.165, 1.54) is 6.92 Å². The van der Waals surface area contributed by atoms with Crippen molar-refractivity contribution in [1.82, 2.24) is 0 Å². The van der Waals surface area contributed by atoms with Crippen molar-refractivity contribution in [2.75, 3.05) is 0 Å². The van der Waals surface area contributed by atoms with E-state index < -0.39 is 18.1 Å². The maximum absolute atomic E-state index is 10.7. The molecule has 76 valence electrons. The van der Waals surface area contributed by atoms with Gasteiger partial charge in [0.2, 0.25) is 0 Å². The number of hydrogen-bond acceptors (Lipinski definition) is 4. The number of nitrogens with two attached hydrogens (primary N) is 2. The highest BCUT2D eigenvalue weighted by molar-refractivity contribution is 5.81. The molecule has 0 aromatic rings. The van der Waals surface area contributed by atoms with Gasteiger partial charge in [0.15, 0.2) is 0 Å². The molecular weight excluding hydrogens is 172 g/mol. The van der Waals surface area contributed by atoms with E-state index in [2.05, 4.69) is 0 Å². The minimum absolute atomic E-state index is 0.0797. The number of aliphatic carboxylic acids is 1. The highest BCUT2D eigenvalue weighted by Gasteiger charge is 2.13. The summed E-state index contributed by atoms with van der Waals surface area (Å²) < 4.78 is 0. The SMILES string of the molecule is CC(=O)C(N)CCC[C@H](N)C(=O)O. The number of rotatable bonds is 6.